The Hall–Kier alpha value is -1.13. The molecule has 2 fully saturated rings. The summed E-state index contributed by atoms with van der Waals surface area (Å²) in [6, 6.07) is -0.800. The van der Waals surface area contributed by atoms with Gasteiger partial charge in [-0.15, -0.1) is 0 Å². The fraction of sp³-hybridized carbons (Fsp3) is 0.857. The van der Waals surface area contributed by atoms with E-state index in [2.05, 4.69) is 5.32 Å². The van der Waals surface area contributed by atoms with Crippen molar-refractivity contribution in [1.29, 1.82) is 0 Å². The third-order valence-electron chi connectivity index (χ3n) is 4.26. The zero-order valence-corrected chi connectivity index (χ0v) is 11.7. The van der Waals surface area contributed by atoms with Crippen LogP contribution in [-0.4, -0.2) is 42.0 Å². The Balaban J connectivity index is 2.16. The molecular formula is C14H23FN2O2. The monoisotopic (exact) mass is 270 g/mol. The average Bonchev–Trinajstić information content (AvgIpc) is 3.22. The van der Waals surface area contributed by atoms with Gasteiger partial charge in [0.25, 0.3) is 0 Å². The van der Waals surface area contributed by atoms with Crippen molar-refractivity contribution in [2.45, 2.75) is 51.6 Å². The summed E-state index contributed by atoms with van der Waals surface area (Å²) in [5.41, 5.74) is 0. The molecule has 3 atom stereocenters. The van der Waals surface area contributed by atoms with E-state index in [1.165, 1.54) is 0 Å². The van der Waals surface area contributed by atoms with Crippen molar-refractivity contribution < 1.29 is 14.0 Å². The molecule has 1 N–H and O–H groups in total. The summed E-state index contributed by atoms with van der Waals surface area (Å²) in [5, 5.41) is 2.88. The molecule has 1 heterocycles. The van der Waals surface area contributed by atoms with Gasteiger partial charge in [0.05, 0.1) is 6.67 Å². The smallest absolute Gasteiger partial charge is 0.246 e. The topological polar surface area (TPSA) is 49.4 Å². The second kappa shape index (κ2) is 5.88. The fourth-order valence-corrected chi connectivity index (χ4v) is 2.77. The molecule has 0 radical (unpaired) electrons. The van der Waals surface area contributed by atoms with E-state index in [1.807, 2.05) is 13.8 Å². The molecule has 4 nitrogen and oxygen atoms in total. The molecular weight excluding hydrogens is 247 g/mol. The lowest BCUT2D eigenvalue weighted by Crippen LogP contribution is -2.65. The number of piperazine rings is 1. The van der Waals surface area contributed by atoms with Crippen LogP contribution >= 0.6 is 0 Å². The normalized spacial score (nSPS) is 29.3. The van der Waals surface area contributed by atoms with E-state index in [1.54, 1.807) is 4.90 Å². The second-order valence-electron chi connectivity index (χ2n) is 5.73. The first-order valence-corrected chi connectivity index (χ1v) is 7.27. The van der Waals surface area contributed by atoms with E-state index in [4.69, 9.17) is 0 Å². The standard InChI is InChI=1S/C14H23FN2O2/c1-3-9(2)12-13(18)16-11(10-5-6-10)14(19)17(12)8-4-7-15/h9-12H,3-8H2,1-2H3,(H,16,18). The average molecular weight is 270 g/mol. The minimum Gasteiger partial charge on any atom is -0.342 e. The highest BCUT2D eigenvalue weighted by Crippen LogP contribution is 2.36. The molecule has 1 aliphatic carbocycles. The van der Waals surface area contributed by atoms with E-state index >= 15 is 0 Å². The van der Waals surface area contributed by atoms with Gasteiger partial charge in [0, 0.05) is 6.54 Å². The number of hydrogen-bond acceptors (Lipinski definition) is 2. The Morgan fingerprint density at radius 3 is 2.63 bits per heavy atom. The van der Waals surface area contributed by atoms with Crippen LogP contribution < -0.4 is 5.32 Å². The van der Waals surface area contributed by atoms with Gasteiger partial charge in [-0.1, -0.05) is 20.3 Å². The van der Waals surface area contributed by atoms with Crippen molar-refractivity contribution in [1.82, 2.24) is 10.2 Å². The summed E-state index contributed by atoms with van der Waals surface area (Å²) >= 11 is 0. The van der Waals surface area contributed by atoms with Gasteiger partial charge >= 0.3 is 0 Å². The van der Waals surface area contributed by atoms with Crippen molar-refractivity contribution in [2.24, 2.45) is 11.8 Å². The number of carbonyl (C=O) groups is 2. The quantitative estimate of drug-likeness (QED) is 0.795. The number of nitrogens with zero attached hydrogens (tertiary/aromatic N) is 1. The summed E-state index contributed by atoms with van der Waals surface area (Å²) in [6.07, 6.45) is 3.14. The van der Waals surface area contributed by atoms with Crippen LogP contribution in [0.5, 0.6) is 0 Å². The SMILES string of the molecule is CCC(C)C1C(=O)NC(C2CC2)C(=O)N1CCCF. The van der Waals surface area contributed by atoms with Crippen molar-refractivity contribution in [2.75, 3.05) is 13.2 Å². The van der Waals surface area contributed by atoms with Crippen LogP contribution in [0.3, 0.4) is 0 Å². The Labute approximate surface area is 113 Å². The van der Waals surface area contributed by atoms with Crippen LogP contribution in [0.2, 0.25) is 0 Å². The zero-order chi connectivity index (χ0) is 14.0. The summed E-state index contributed by atoms with van der Waals surface area (Å²) in [7, 11) is 0. The van der Waals surface area contributed by atoms with Gasteiger partial charge in [0.2, 0.25) is 11.8 Å². The highest BCUT2D eigenvalue weighted by Gasteiger charge is 2.47. The Bertz CT molecular complexity index is 357. The predicted molar refractivity (Wildman–Crippen MR) is 70.2 cm³/mol. The van der Waals surface area contributed by atoms with Crippen LogP contribution in [0.4, 0.5) is 4.39 Å². The lowest BCUT2D eigenvalue weighted by atomic mass is 9.92. The van der Waals surface area contributed by atoms with Gasteiger partial charge in [-0.25, -0.2) is 0 Å². The van der Waals surface area contributed by atoms with Crippen molar-refractivity contribution in [3.63, 3.8) is 0 Å². The van der Waals surface area contributed by atoms with Crippen molar-refractivity contribution in [3.05, 3.63) is 0 Å². The maximum Gasteiger partial charge on any atom is 0.246 e. The maximum absolute atomic E-state index is 12.5. The summed E-state index contributed by atoms with van der Waals surface area (Å²) in [4.78, 5) is 26.4. The minimum atomic E-state index is -0.452. The lowest BCUT2D eigenvalue weighted by Gasteiger charge is -2.41. The van der Waals surface area contributed by atoms with Gasteiger partial charge in [-0.2, -0.15) is 0 Å². The molecule has 1 saturated heterocycles. The second-order valence-corrected chi connectivity index (χ2v) is 5.73. The molecule has 108 valence electrons. The zero-order valence-electron chi connectivity index (χ0n) is 11.7. The molecule has 1 saturated carbocycles. The van der Waals surface area contributed by atoms with Crippen LogP contribution in [-0.2, 0) is 9.59 Å². The number of halogens is 1. The molecule has 0 bridgehead atoms. The molecule has 3 unspecified atom stereocenters. The molecule has 0 aromatic heterocycles. The van der Waals surface area contributed by atoms with E-state index in [0.717, 1.165) is 19.3 Å². The third-order valence-corrected chi connectivity index (χ3v) is 4.26. The van der Waals surface area contributed by atoms with Crippen molar-refractivity contribution in [3.8, 4) is 0 Å². The van der Waals surface area contributed by atoms with Gasteiger partial charge in [0.15, 0.2) is 0 Å². The highest BCUT2D eigenvalue weighted by molar-refractivity contribution is 5.97. The van der Waals surface area contributed by atoms with Crippen LogP contribution in [0, 0.1) is 11.8 Å². The number of amides is 2. The molecule has 0 spiro atoms. The van der Waals surface area contributed by atoms with Crippen LogP contribution in [0.1, 0.15) is 39.5 Å². The molecule has 2 rings (SSSR count). The highest BCUT2D eigenvalue weighted by atomic mass is 19.1. The minimum absolute atomic E-state index is 0.0131. The number of carbonyl (C=O) groups excluding carboxylic acids is 2. The number of alkyl halides is 1. The summed E-state index contributed by atoms with van der Waals surface area (Å²) < 4.78 is 12.4. The van der Waals surface area contributed by atoms with E-state index in [0.29, 0.717) is 18.9 Å². The number of rotatable bonds is 6. The summed E-state index contributed by atoms with van der Waals surface area (Å²) in [6.45, 7) is 3.87. The van der Waals surface area contributed by atoms with Crippen LogP contribution in [0.25, 0.3) is 0 Å². The first kappa shape index (κ1) is 14.3. The molecule has 0 aromatic carbocycles. The number of nitrogens with one attached hydrogen (secondary N) is 1. The lowest BCUT2D eigenvalue weighted by molar-refractivity contribution is -0.152. The fourth-order valence-electron chi connectivity index (χ4n) is 2.77. The molecule has 19 heavy (non-hydrogen) atoms. The van der Waals surface area contributed by atoms with Gasteiger partial charge in [-0.05, 0) is 31.1 Å². The molecule has 2 amide bonds. The number of hydrogen-bond donors (Lipinski definition) is 1. The Kier molecular flexibility index (Phi) is 4.42. The first-order valence-electron chi connectivity index (χ1n) is 7.27. The largest absolute Gasteiger partial charge is 0.342 e. The summed E-state index contributed by atoms with van der Waals surface area (Å²) in [5.74, 6) is 0.316. The molecule has 5 heteroatoms. The Morgan fingerprint density at radius 1 is 1.42 bits per heavy atom. The van der Waals surface area contributed by atoms with Gasteiger partial charge in [0.1, 0.15) is 12.1 Å². The molecule has 0 aromatic rings. The van der Waals surface area contributed by atoms with E-state index in [9.17, 15) is 14.0 Å². The van der Waals surface area contributed by atoms with Crippen LogP contribution in [0.15, 0.2) is 0 Å². The van der Waals surface area contributed by atoms with E-state index < -0.39 is 12.7 Å². The molecule has 1 aliphatic heterocycles. The first-order chi connectivity index (χ1) is 9.10. The third kappa shape index (κ3) is 2.90. The Morgan fingerprint density at radius 2 is 2.11 bits per heavy atom. The van der Waals surface area contributed by atoms with Crippen molar-refractivity contribution >= 4 is 11.8 Å². The molecule has 2 aliphatic rings. The van der Waals surface area contributed by atoms with Gasteiger partial charge in [-0.3, -0.25) is 14.0 Å². The van der Waals surface area contributed by atoms with Gasteiger partial charge < -0.3 is 10.2 Å². The maximum atomic E-state index is 12.5. The van der Waals surface area contributed by atoms with E-state index in [-0.39, 0.29) is 23.8 Å². The predicted octanol–water partition coefficient (Wildman–Crippen LogP) is 1.50.